The molecule has 1 aliphatic heterocycles. The number of thiocarbonyl (C=S) groups is 1. The van der Waals surface area contributed by atoms with Crippen molar-refractivity contribution in [3.63, 3.8) is 0 Å². The maximum Gasteiger partial charge on any atom is 0.326 e. The highest BCUT2D eigenvalue weighted by molar-refractivity contribution is 8.26. The molecule has 1 aliphatic rings. The number of thiophene rings is 1. The van der Waals surface area contributed by atoms with Crippen LogP contribution in [0.25, 0.3) is 6.08 Å². The molecule has 0 aliphatic carbocycles. The smallest absolute Gasteiger partial charge is 0.326 e. The summed E-state index contributed by atoms with van der Waals surface area (Å²) in [7, 11) is 0. The number of carboxylic acids is 1. The highest BCUT2D eigenvalue weighted by Gasteiger charge is 2.39. The highest BCUT2D eigenvalue weighted by Crippen LogP contribution is 2.35. The van der Waals surface area contributed by atoms with Crippen LogP contribution in [-0.2, 0) is 9.59 Å². The van der Waals surface area contributed by atoms with Gasteiger partial charge in [-0.3, -0.25) is 9.69 Å². The largest absolute Gasteiger partial charge is 0.480 e. The summed E-state index contributed by atoms with van der Waals surface area (Å²) in [5.41, 5.74) is 0. The number of carboxylic acid groups (broad SMARTS) is 1. The van der Waals surface area contributed by atoms with Crippen molar-refractivity contribution in [2.24, 2.45) is 0 Å². The summed E-state index contributed by atoms with van der Waals surface area (Å²) >= 11 is 7.85. The van der Waals surface area contributed by atoms with E-state index in [9.17, 15) is 14.7 Å². The second-order valence-electron chi connectivity index (χ2n) is 4.21. The van der Waals surface area contributed by atoms with Crippen molar-refractivity contribution >= 4 is 57.6 Å². The lowest BCUT2D eigenvalue weighted by Gasteiger charge is -2.22. The van der Waals surface area contributed by atoms with E-state index in [0.717, 1.165) is 16.6 Å². The number of carbonyl (C=O) groups excluding carboxylic acids is 1. The third-order valence-electron chi connectivity index (χ3n) is 2.80. The molecule has 1 atom stereocenters. The maximum absolute atomic E-state index is 12.4. The zero-order chi connectivity index (χ0) is 14.7. The van der Waals surface area contributed by atoms with Gasteiger partial charge in [-0.15, -0.1) is 11.3 Å². The van der Waals surface area contributed by atoms with E-state index in [1.54, 1.807) is 6.08 Å². The van der Waals surface area contributed by atoms with Crippen LogP contribution in [0.15, 0.2) is 22.4 Å². The molecule has 1 aromatic rings. The van der Waals surface area contributed by atoms with Gasteiger partial charge in [0.25, 0.3) is 5.91 Å². The van der Waals surface area contributed by atoms with E-state index in [-0.39, 0.29) is 5.91 Å². The molecular formula is C13H13NO3S3. The fourth-order valence-corrected chi connectivity index (χ4v) is 3.97. The van der Waals surface area contributed by atoms with E-state index in [1.165, 1.54) is 16.2 Å². The molecule has 4 nitrogen and oxygen atoms in total. The average Bonchev–Trinajstić information content (AvgIpc) is 2.98. The molecule has 7 heteroatoms. The van der Waals surface area contributed by atoms with E-state index in [0.29, 0.717) is 22.1 Å². The SMILES string of the molecule is CCCC(C(=O)O)N1C(=O)/C(=C\c2cccs2)SC1=S. The lowest BCUT2D eigenvalue weighted by atomic mass is 10.1. The maximum atomic E-state index is 12.4. The van der Waals surface area contributed by atoms with Gasteiger partial charge in [0.2, 0.25) is 0 Å². The molecule has 1 aromatic heterocycles. The first kappa shape index (κ1) is 15.2. The van der Waals surface area contributed by atoms with Gasteiger partial charge >= 0.3 is 5.97 Å². The Labute approximate surface area is 130 Å². The monoisotopic (exact) mass is 327 g/mol. The Morgan fingerprint density at radius 3 is 2.90 bits per heavy atom. The molecule has 1 unspecified atom stereocenters. The van der Waals surface area contributed by atoms with Crippen LogP contribution in [0, 0.1) is 0 Å². The van der Waals surface area contributed by atoms with Gasteiger partial charge in [-0.1, -0.05) is 43.4 Å². The number of nitrogens with zero attached hydrogens (tertiary/aromatic N) is 1. The molecule has 1 N–H and O–H groups in total. The number of rotatable bonds is 5. The van der Waals surface area contributed by atoms with E-state index in [2.05, 4.69) is 0 Å². The molecule has 0 aromatic carbocycles. The summed E-state index contributed by atoms with van der Waals surface area (Å²) in [5.74, 6) is -1.32. The number of thioether (sulfide) groups is 1. The second-order valence-corrected chi connectivity index (χ2v) is 6.86. The van der Waals surface area contributed by atoms with Crippen molar-refractivity contribution in [2.45, 2.75) is 25.8 Å². The fraction of sp³-hybridized carbons (Fsp3) is 0.308. The summed E-state index contributed by atoms with van der Waals surface area (Å²) in [6.45, 7) is 1.88. The average molecular weight is 327 g/mol. The van der Waals surface area contributed by atoms with Gasteiger partial charge in [0.1, 0.15) is 10.4 Å². The normalized spacial score (nSPS) is 18.9. The molecule has 0 bridgehead atoms. The third-order valence-corrected chi connectivity index (χ3v) is 4.95. The Morgan fingerprint density at radius 1 is 1.60 bits per heavy atom. The van der Waals surface area contributed by atoms with Crippen LogP contribution >= 0.6 is 35.3 Å². The molecule has 0 saturated carbocycles. The lowest BCUT2D eigenvalue weighted by molar-refractivity contribution is -0.145. The summed E-state index contributed by atoms with van der Waals surface area (Å²) < 4.78 is 0.318. The van der Waals surface area contributed by atoms with E-state index >= 15 is 0 Å². The number of hydrogen-bond donors (Lipinski definition) is 1. The van der Waals surface area contributed by atoms with E-state index in [4.69, 9.17) is 12.2 Å². The molecule has 20 heavy (non-hydrogen) atoms. The van der Waals surface area contributed by atoms with Crippen LogP contribution in [0.4, 0.5) is 0 Å². The molecule has 1 amide bonds. The molecule has 1 saturated heterocycles. The lowest BCUT2D eigenvalue weighted by Crippen LogP contribution is -2.43. The van der Waals surface area contributed by atoms with Crippen LogP contribution in [0.5, 0.6) is 0 Å². The summed E-state index contributed by atoms with van der Waals surface area (Å²) in [6, 6.07) is 2.92. The van der Waals surface area contributed by atoms with Gasteiger partial charge in [-0.25, -0.2) is 4.79 Å². The Morgan fingerprint density at radius 2 is 2.35 bits per heavy atom. The van der Waals surface area contributed by atoms with Crippen LogP contribution in [0.1, 0.15) is 24.6 Å². The van der Waals surface area contributed by atoms with Crippen molar-refractivity contribution in [3.05, 3.63) is 27.3 Å². The van der Waals surface area contributed by atoms with Gasteiger partial charge in [-0.05, 0) is 23.9 Å². The number of aliphatic carboxylic acids is 1. The van der Waals surface area contributed by atoms with Crippen molar-refractivity contribution in [1.82, 2.24) is 4.90 Å². The molecular weight excluding hydrogens is 314 g/mol. The highest BCUT2D eigenvalue weighted by atomic mass is 32.2. The van der Waals surface area contributed by atoms with E-state index in [1.807, 2.05) is 24.4 Å². The van der Waals surface area contributed by atoms with Crippen molar-refractivity contribution in [3.8, 4) is 0 Å². The van der Waals surface area contributed by atoms with Crippen molar-refractivity contribution in [2.75, 3.05) is 0 Å². The van der Waals surface area contributed by atoms with Gasteiger partial charge in [0.05, 0.1) is 4.91 Å². The van der Waals surface area contributed by atoms with E-state index < -0.39 is 12.0 Å². The zero-order valence-corrected chi connectivity index (χ0v) is 13.2. The van der Waals surface area contributed by atoms with Crippen LogP contribution in [0.3, 0.4) is 0 Å². The van der Waals surface area contributed by atoms with Gasteiger partial charge in [0.15, 0.2) is 0 Å². The fourth-order valence-electron chi connectivity index (χ4n) is 1.89. The topological polar surface area (TPSA) is 57.6 Å². The Kier molecular flexibility index (Phi) is 4.95. The first-order chi connectivity index (χ1) is 9.54. The molecule has 2 rings (SSSR count). The summed E-state index contributed by atoms with van der Waals surface area (Å²) in [6.07, 6.45) is 2.83. The van der Waals surface area contributed by atoms with Gasteiger partial charge in [-0.2, -0.15) is 0 Å². The van der Waals surface area contributed by atoms with Gasteiger partial charge < -0.3 is 5.11 Å². The number of amides is 1. The standard InChI is InChI=1S/C13H13NO3S3/c1-2-4-9(12(16)17)14-11(15)10(20-13(14)18)7-8-5-3-6-19-8/h3,5-7,9H,2,4H2,1H3,(H,16,17)/b10-7+. The zero-order valence-electron chi connectivity index (χ0n) is 10.7. The summed E-state index contributed by atoms with van der Waals surface area (Å²) in [4.78, 5) is 26.3. The number of carbonyl (C=O) groups is 2. The minimum atomic E-state index is -1.01. The Hall–Kier alpha value is -1.18. The summed E-state index contributed by atoms with van der Waals surface area (Å²) in [5, 5.41) is 11.2. The van der Waals surface area contributed by atoms with Crippen LogP contribution < -0.4 is 0 Å². The first-order valence-electron chi connectivity index (χ1n) is 6.08. The molecule has 2 heterocycles. The van der Waals surface area contributed by atoms with Crippen LogP contribution in [0.2, 0.25) is 0 Å². The first-order valence-corrected chi connectivity index (χ1v) is 8.18. The van der Waals surface area contributed by atoms with Crippen LogP contribution in [-0.4, -0.2) is 32.2 Å². The Bertz CT molecular complexity index is 565. The molecule has 0 spiro atoms. The quantitative estimate of drug-likeness (QED) is 0.665. The predicted octanol–water partition coefficient (Wildman–Crippen LogP) is 3.20. The van der Waals surface area contributed by atoms with Crippen molar-refractivity contribution < 1.29 is 14.7 Å². The minimum Gasteiger partial charge on any atom is -0.480 e. The van der Waals surface area contributed by atoms with Gasteiger partial charge in [0, 0.05) is 4.88 Å². The molecule has 0 radical (unpaired) electrons. The Balaban J connectivity index is 2.26. The minimum absolute atomic E-state index is 0.311. The predicted molar refractivity (Wildman–Crippen MR) is 85.7 cm³/mol. The molecule has 106 valence electrons. The van der Waals surface area contributed by atoms with Crippen molar-refractivity contribution in [1.29, 1.82) is 0 Å². The molecule has 1 fully saturated rings. The third kappa shape index (κ3) is 3.11. The number of hydrogen-bond acceptors (Lipinski definition) is 5. The second kappa shape index (κ2) is 6.51.